The number of hydrogen-bond donors (Lipinski definition) is 3. The zero-order valence-corrected chi connectivity index (χ0v) is 12.0. The van der Waals surface area contributed by atoms with Crippen LogP contribution in [0.5, 0.6) is 5.75 Å². The maximum absolute atomic E-state index is 13.0. The molecular weight excluding hydrogens is 329 g/mol. The number of ether oxygens (including phenoxy) is 1. The maximum atomic E-state index is 13.0. The molecule has 0 aromatic heterocycles. The van der Waals surface area contributed by atoms with Gasteiger partial charge in [0.1, 0.15) is 5.75 Å². The summed E-state index contributed by atoms with van der Waals surface area (Å²) < 4.78 is 44.0. The first-order valence-corrected chi connectivity index (χ1v) is 6.68. The Morgan fingerprint density at radius 2 is 1.92 bits per heavy atom. The molecule has 24 heavy (non-hydrogen) atoms. The van der Waals surface area contributed by atoms with Crippen molar-refractivity contribution in [3.63, 3.8) is 0 Å². The smallest absolute Gasteiger partial charge is 0.396 e. The number of benzene rings is 1. The van der Waals surface area contributed by atoms with Gasteiger partial charge in [0.15, 0.2) is 17.4 Å². The van der Waals surface area contributed by atoms with Crippen molar-refractivity contribution in [1.82, 2.24) is 0 Å². The molecule has 0 radical (unpaired) electrons. The van der Waals surface area contributed by atoms with E-state index in [9.17, 15) is 18.0 Å². The van der Waals surface area contributed by atoms with E-state index in [1.165, 1.54) is 18.2 Å². The summed E-state index contributed by atoms with van der Waals surface area (Å²) in [5.74, 6) is -3.01. The maximum Gasteiger partial charge on any atom is 0.396 e. The molecule has 1 unspecified atom stereocenters. The first kappa shape index (κ1) is 15.8. The van der Waals surface area contributed by atoms with Crippen molar-refractivity contribution in [2.24, 2.45) is 26.8 Å². The molecular formula is C13H11F3N6O2. The second-order valence-corrected chi connectivity index (χ2v) is 5.07. The Morgan fingerprint density at radius 1 is 1.25 bits per heavy atom. The van der Waals surface area contributed by atoms with E-state index in [1.54, 1.807) is 0 Å². The molecule has 1 aromatic rings. The number of carbonyl (C=O) groups excluding carboxylic acids is 1. The highest BCUT2D eigenvalue weighted by atomic mass is 19.4. The lowest BCUT2D eigenvalue weighted by atomic mass is 9.92. The Kier molecular flexibility index (Phi) is 3.62. The average molecular weight is 340 g/mol. The van der Waals surface area contributed by atoms with Crippen LogP contribution in [0.3, 0.4) is 0 Å². The number of rotatable bonds is 2. The SMILES string of the molecule is NC1=NN=C(N)C1=NNc1ccc2c(c1)OC(=O)CC2C(F)(F)F. The summed E-state index contributed by atoms with van der Waals surface area (Å²) in [4.78, 5) is 11.4. The van der Waals surface area contributed by atoms with Crippen LogP contribution in [0.2, 0.25) is 0 Å². The lowest BCUT2D eigenvalue weighted by molar-refractivity contribution is -0.165. The quantitative estimate of drug-likeness (QED) is 0.421. The molecule has 1 aromatic carbocycles. The lowest BCUT2D eigenvalue weighted by Gasteiger charge is -2.26. The van der Waals surface area contributed by atoms with E-state index in [4.69, 9.17) is 16.2 Å². The van der Waals surface area contributed by atoms with Crippen LogP contribution in [0.25, 0.3) is 0 Å². The van der Waals surface area contributed by atoms with Gasteiger partial charge >= 0.3 is 12.1 Å². The van der Waals surface area contributed by atoms with Crippen molar-refractivity contribution in [2.75, 3.05) is 5.43 Å². The Hall–Kier alpha value is -3.11. The van der Waals surface area contributed by atoms with Crippen LogP contribution in [0.1, 0.15) is 17.9 Å². The summed E-state index contributed by atoms with van der Waals surface area (Å²) in [5.41, 5.74) is 13.9. The predicted octanol–water partition coefficient (Wildman–Crippen LogP) is 1.05. The number of carbonyl (C=O) groups is 1. The molecule has 3 rings (SSSR count). The van der Waals surface area contributed by atoms with Crippen molar-refractivity contribution in [2.45, 2.75) is 18.5 Å². The van der Waals surface area contributed by atoms with Crippen LogP contribution < -0.4 is 21.6 Å². The van der Waals surface area contributed by atoms with Gasteiger partial charge in [0.25, 0.3) is 0 Å². The molecule has 1 atom stereocenters. The number of anilines is 1. The molecule has 0 amide bonds. The van der Waals surface area contributed by atoms with Gasteiger partial charge in [0.05, 0.1) is 18.0 Å². The largest absolute Gasteiger partial charge is 0.426 e. The number of fused-ring (bicyclic) bond motifs is 1. The standard InChI is InChI=1S/C13H11F3N6O2/c14-13(15,16)7-4-9(23)24-8-3-5(1-2-6(7)8)19-20-10-11(17)21-22-12(10)18/h1-3,7,19H,4H2,(H4,17,18,20,21,22). The number of nitrogens with zero attached hydrogens (tertiary/aromatic N) is 3. The van der Waals surface area contributed by atoms with Crippen LogP contribution in [0, 0.1) is 0 Å². The summed E-state index contributed by atoms with van der Waals surface area (Å²) in [5, 5.41) is 10.9. The van der Waals surface area contributed by atoms with E-state index in [2.05, 4.69) is 20.7 Å². The van der Waals surface area contributed by atoms with Gasteiger partial charge in [-0.2, -0.15) is 18.3 Å². The fraction of sp³-hybridized carbons (Fsp3) is 0.231. The number of hydrogen-bond acceptors (Lipinski definition) is 8. The van der Waals surface area contributed by atoms with Crippen LogP contribution in [-0.4, -0.2) is 29.5 Å². The van der Waals surface area contributed by atoms with Gasteiger partial charge < -0.3 is 16.2 Å². The fourth-order valence-corrected chi connectivity index (χ4v) is 2.28. The molecule has 5 N–H and O–H groups in total. The monoisotopic (exact) mass is 340 g/mol. The van der Waals surface area contributed by atoms with E-state index in [0.717, 1.165) is 0 Å². The molecule has 11 heteroatoms. The van der Waals surface area contributed by atoms with Gasteiger partial charge in [0.2, 0.25) is 0 Å². The number of halogens is 3. The Morgan fingerprint density at radius 3 is 2.54 bits per heavy atom. The molecule has 2 heterocycles. The number of hydrazone groups is 1. The van der Waals surface area contributed by atoms with Gasteiger partial charge in [-0.25, -0.2) is 0 Å². The minimum atomic E-state index is -4.54. The van der Waals surface area contributed by atoms with Crippen molar-refractivity contribution in [1.29, 1.82) is 0 Å². The van der Waals surface area contributed by atoms with E-state index < -0.39 is 24.5 Å². The van der Waals surface area contributed by atoms with Gasteiger partial charge in [0, 0.05) is 11.6 Å². The Balaban J connectivity index is 1.88. The van der Waals surface area contributed by atoms with Crippen LogP contribution in [0.15, 0.2) is 33.5 Å². The highest BCUT2D eigenvalue weighted by Gasteiger charge is 2.46. The van der Waals surface area contributed by atoms with Gasteiger partial charge in [-0.3, -0.25) is 10.2 Å². The molecule has 2 aliphatic rings. The molecule has 0 saturated carbocycles. The van der Waals surface area contributed by atoms with E-state index in [0.29, 0.717) is 0 Å². The molecule has 2 aliphatic heterocycles. The number of nitrogens with two attached hydrogens (primary N) is 2. The zero-order valence-electron chi connectivity index (χ0n) is 12.0. The molecule has 0 saturated heterocycles. The van der Waals surface area contributed by atoms with Gasteiger partial charge in [-0.15, -0.1) is 10.2 Å². The fourth-order valence-electron chi connectivity index (χ4n) is 2.28. The Labute approximate surface area is 133 Å². The van der Waals surface area contributed by atoms with Crippen LogP contribution >= 0.6 is 0 Å². The first-order valence-electron chi connectivity index (χ1n) is 6.68. The zero-order chi connectivity index (χ0) is 17.5. The first-order chi connectivity index (χ1) is 11.3. The average Bonchev–Trinajstić information content (AvgIpc) is 2.82. The second kappa shape index (κ2) is 5.51. The molecule has 8 nitrogen and oxygen atoms in total. The molecule has 0 aliphatic carbocycles. The molecule has 0 bridgehead atoms. The number of nitrogens with one attached hydrogen (secondary N) is 1. The third kappa shape index (κ3) is 2.87. The van der Waals surface area contributed by atoms with Crippen molar-refractivity contribution in [3.8, 4) is 5.75 Å². The van der Waals surface area contributed by atoms with Gasteiger partial charge in [-0.05, 0) is 6.07 Å². The van der Waals surface area contributed by atoms with Crippen molar-refractivity contribution in [3.05, 3.63) is 23.8 Å². The number of esters is 1. The lowest BCUT2D eigenvalue weighted by Crippen LogP contribution is -2.32. The predicted molar refractivity (Wildman–Crippen MR) is 79.8 cm³/mol. The highest BCUT2D eigenvalue weighted by molar-refractivity contribution is 6.68. The van der Waals surface area contributed by atoms with E-state index in [1.807, 2.05) is 0 Å². The van der Waals surface area contributed by atoms with E-state index in [-0.39, 0.29) is 34.4 Å². The highest BCUT2D eigenvalue weighted by Crippen LogP contribution is 2.45. The van der Waals surface area contributed by atoms with Crippen molar-refractivity contribution < 1.29 is 22.7 Å². The molecule has 0 spiro atoms. The van der Waals surface area contributed by atoms with E-state index >= 15 is 0 Å². The summed E-state index contributed by atoms with van der Waals surface area (Å²) in [6.07, 6.45) is -5.28. The summed E-state index contributed by atoms with van der Waals surface area (Å²) >= 11 is 0. The molecule has 126 valence electrons. The minimum absolute atomic E-state index is 0.00141. The minimum Gasteiger partial charge on any atom is -0.426 e. The van der Waals surface area contributed by atoms with Crippen LogP contribution in [-0.2, 0) is 4.79 Å². The summed E-state index contributed by atoms with van der Waals surface area (Å²) in [6, 6.07) is 3.84. The third-order valence-corrected chi connectivity index (χ3v) is 3.43. The second-order valence-electron chi connectivity index (χ2n) is 5.07. The normalized spacial score (nSPS) is 20.0. The summed E-state index contributed by atoms with van der Waals surface area (Å²) in [6.45, 7) is 0. The number of alkyl halides is 3. The Bertz CT molecular complexity index is 779. The molecule has 0 fully saturated rings. The topological polar surface area (TPSA) is 127 Å². The summed E-state index contributed by atoms with van der Waals surface area (Å²) in [7, 11) is 0. The number of amidine groups is 2. The van der Waals surface area contributed by atoms with Gasteiger partial charge in [-0.1, -0.05) is 6.07 Å². The van der Waals surface area contributed by atoms with Crippen molar-refractivity contribution >= 4 is 29.0 Å². The van der Waals surface area contributed by atoms with Crippen LogP contribution in [0.4, 0.5) is 18.9 Å². The third-order valence-electron chi connectivity index (χ3n) is 3.43.